The van der Waals surface area contributed by atoms with Gasteiger partial charge in [0.05, 0.1) is 28.1 Å². The van der Waals surface area contributed by atoms with Crippen LogP contribution in [0.2, 0.25) is 5.02 Å². The van der Waals surface area contributed by atoms with Crippen LogP contribution < -0.4 is 20.9 Å². The molecule has 0 bridgehead atoms. The summed E-state index contributed by atoms with van der Waals surface area (Å²) in [6.07, 6.45) is -0.812. The van der Waals surface area contributed by atoms with Gasteiger partial charge >= 0.3 is 6.18 Å². The van der Waals surface area contributed by atoms with E-state index in [9.17, 15) is 22.4 Å². The van der Waals surface area contributed by atoms with Gasteiger partial charge in [-0.1, -0.05) is 17.7 Å². The van der Waals surface area contributed by atoms with Gasteiger partial charge in [0.2, 0.25) is 12.2 Å². The van der Waals surface area contributed by atoms with Gasteiger partial charge in [-0.2, -0.15) is 13.2 Å². The number of ether oxygens (including phenoxy) is 1. The lowest BCUT2D eigenvalue weighted by Crippen LogP contribution is -2.43. The van der Waals surface area contributed by atoms with Gasteiger partial charge < -0.3 is 25.6 Å². The highest BCUT2D eigenvalue weighted by atomic mass is 35.5. The topological polar surface area (TPSA) is 108 Å². The summed E-state index contributed by atoms with van der Waals surface area (Å²) in [6, 6.07) is 12.4. The Kier molecular flexibility index (Phi) is 11.3. The van der Waals surface area contributed by atoms with Crippen LogP contribution in [0, 0.1) is 5.82 Å². The molecule has 1 amide bonds. The van der Waals surface area contributed by atoms with Crippen LogP contribution in [-0.4, -0.2) is 67.2 Å². The molecular formula is C29H31ClF4N6O3. The van der Waals surface area contributed by atoms with Crippen LogP contribution in [0.5, 0.6) is 0 Å². The monoisotopic (exact) mass is 622 g/mol. The van der Waals surface area contributed by atoms with Gasteiger partial charge in [0, 0.05) is 50.4 Å². The Hall–Kier alpha value is -3.81. The third-order valence-corrected chi connectivity index (χ3v) is 7.09. The molecule has 1 aromatic heterocycles. The van der Waals surface area contributed by atoms with E-state index in [4.69, 9.17) is 21.1 Å². The number of aryl methyl sites for hydroxylation is 1. The second-order valence-corrected chi connectivity index (χ2v) is 10.3. The molecule has 0 radical (unpaired) electrons. The average molecular weight is 623 g/mol. The van der Waals surface area contributed by atoms with Crippen molar-refractivity contribution in [1.29, 1.82) is 0 Å². The van der Waals surface area contributed by atoms with Crippen LogP contribution >= 0.6 is 11.6 Å². The summed E-state index contributed by atoms with van der Waals surface area (Å²) in [4.78, 5) is 33.2. The lowest BCUT2D eigenvalue weighted by Gasteiger charge is -2.29. The quantitative estimate of drug-likeness (QED) is 0.222. The molecule has 14 heteroatoms. The van der Waals surface area contributed by atoms with Gasteiger partial charge in [-0.3, -0.25) is 9.59 Å². The average Bonchev–Trinajstić information content (AvgIpc) is 3.53. The number of benzene rings is 2. The zero-order valence-corrected chi connectivity index (χ0v) is 23.8. The highest BCUT2D eigenvalue weighted by molar-refractivity contribution is 6.34. The molecule has 9 nitrogen and oxygen atoms in total. The Morgan fingerprint density at radius 2 is 1.88 bits per heavy atom. The third-order valence-electron chi connectivity index (χ3n) is 6.78. The Bertz CT molecular complexity index is 1360. The van der Waals surface area contributed by atoms with Crippen molar-refractivity contribution in [2.24, 2.45) is 0 Å². The fourth-order valence-corrected chi connectivity index (χ4v) is 4.84. The summed E-state index contributed by atoms with van der Waals surface area (Å²) in [5.41, 5.74) is 2.79. The summed E-state index contributed by atoms with van der Waals surface area (Å²) in [6.45, 7) is 4.67. The number of nitrogens with one attached hydrogen (secondary N) is 3. The van der Waals surface area contributed by atoms with Crippen LogP contribution in [0.25, 0.3) is 0 Å². The van der Waals surface area contributed by atoms with Crippen molar-refractivity contribution in [2.75, 3.05) is 48.3 Å². The van der Waals surface area contributed by atoms with Crippen molar-refractivity contribution in [3.63, 3.8) is 0 Å². The largest absolute Gasteiger partial charge is 0.446 e. The predicted octanol–water partition coefficient (Wildman–Crippen LogP) is 5.53. The molecule has 0 spiro atoms. The smallest absolute Gasteiger partial charge is 0.378 e. The fourth-order valence-electron chi connectivity index (χ4n) is 4.63. The normalized spacial score (nSPS) is 16.7. The number of alkyl halides is 3. The van der Waals surface area contributed by atoms with Crippen LogP contribution in [0.15, 0.2) is 48.7 Å². The molecule has 2 aliphatic rings. The molecule has 43 heavy (non-hydrogen) atoms. The fraction of sp³-hybridized carbons (Fsp3) is 0.379. The second kappa shape index (κ2) is 15.1. The van der Waals surface area contributed by atoms with E-state index in [1.165, 1.54) is 30.1 Å². The highest BCUT2D eigenvalue weighted by Gasteiger charge is 2.25. The predicted molar refractivity (Wildman–Crippen MR) is 156 cm³/mol. The number of para-hydroxylation sites is 1. The van der Waals surface area contributed by atoms with Gasteiger partial charge in [-0.15, -0.1) is 0 Å². The maximum atomic E-state index is 14.3. The highest BCUT2D eigenvalue weighted by Crippen LogP contribution is 2.27. The number of nitrogens with zero attached hydrogens (tertiary/aromatic N) is 3. The van der Waals surface area contributed by atoms with Crippen LogP contribution in [0.4, 0.5) is 40.6 Å². The van der Waals surface area contributed by atoms with Gasteiger partial charge in [-0.25, -0.2) is 14.4 Å². The molecule has 230 valence electrons. The molecule has 2 saturated heterocycles. The standard InChI is InChI=1S/C27H30ClFN6O2.C2HF3O/c28-22-4-1-5-23(29)25(22)34-26(36)21-17-31-27(33-24(21)11-10-20-3-2-16-37-20)32-18-6-8-19(9-7-18)35-14-12-30-13-15-35;3-2(4,5)1-6/h1,4-9,17,20,30H,2-3,10-16H2,(H,34,36)(H,31,32,33);1H. The van der Waals surface area contributed by atoms with Gasteiger partial charge in [0.25, 0.3) is 5.91 Å². The maximum Gasteiger partial charge on any atom is 0.446 e. The Morgan fingerprint density at radius 1 is 1.16 bits per heavy atom. The van der Waals surface area contributed by atoms with Crippen molar-refractivity contribution in [3.8, 4) is 0 Å². The second-order valence-electron chi connectivity index (χ2n) is 9.85. The number of hydrogen-bond acceptors (Lipinski definition) is 8. The number of aldehydes is 1. The molecule has 5 rings (SSSR count). The minimum Gasteiger partial charge on any atom is -0.378 e. The van der Waals surface area contributed by atoms with Crippen molar-refractivity contribution >= 4 is 46.8 Å². The third kappa shape index (κ3) is 9.60. The first-order chi connectivity index (χ1) is 20.6. The number of carbonyl (C=O) groups is 2. The number of piperazine rings is 1. The molecule has 2 fully saturated rings. The molecule has 2 aliphatic heterocycles. The minimum atomic E-state index is -4.64. The zero-order valence-electron chi connectivity index (χ0n) is 23.1. The number of rotatable bonds is 8. The lowest BCUT2D eigenvalue weighted by molar-refractivity contribution is -0.156. The van der Waals surface area contributed by atoms with Crippen molar-refractivity contribution in [3.05, 3.63) is 70.8 Å². The number of hydrogen-bond donors (Lipinski definition) is 3. The molecule has 0 aliphatic carbocycles. The van der Waals surface area contributed by atoms with Crippen LogP contribution in [0.1, 0.15) is 35.3 Å². The van der Waals surface area contributed by atoms with Crippen molar-refractivity contribution < 1.29 is 31.9 Å². The zero-order chi connectivity index (χ0) is 30.8. The summed E-state index contributed by atoms with van der Waals surface area (Å²) in [7, 11) is 0. The summed E-state index contributed by atoms with van der Waals surface area (Å²) in [5.74, 6) is -0.732. The van der Waals surface area contributed by atoms with Crippen molar-refractivity contribution in [2.45, 2.75) is 38.0 Å². The lowest BCUT2D eigenvalue weighted by atomic mass is 10.1. The first kappa shape index (κ1) is 32.1. The Morgan fingerprint density at radius 3 is 2.51 bits per heavy atom. The maximum absolute atomic E-state index is 14.3. The summed E-state index contributed by atoms with van der Waals surface area (Å²) >= 11 is 6.11. The van der Waals surface area contributed by atoms with E-state index in [1.807, 2.05) is 12.1 Å². The first-order valence-electron chi connectivity index (χ1n) is 13.7. The van der Waals surface area contributed by atoms with Gasteiger partial charge in [-0.05, 0) is 62.1 Å². The molecule has 3 aromatic rings. The van der Waals surface area contributed by atoms with Crippen molar-refractivity contribution in [1.82, 2.24) is 15.3 Å². The van der Waals surface area contributed by atoms with Gasteiger partial charge in [0.15, 0.2) is 0 Å². The molecule has 1 unspecified atom stereocenters. The SMILES string of the molecule is O=C(Nc1c(F)cccc1Cl)c1cnc(Nc2ccc(N3CCNCC3)cc2)nc1CCC1CCCO1.O=CC(F)(F)F. The molecule has 0 saturated carbocycles. The number of halogens is 5. The molecular weight excluding hydrogens is 592 g/mol. The number of amides is 1. The molecule has 1 atom stereocenters. The molecule has 3 heterocycles. The Balaban J connectivity index is 0.000000641. The van der Waals surface area contributed by atoms with E-state index < -0.39 is 24.2 Å². The van der Waals surface area contributed by atoms with E-state index in [0.29, 0.717) is 18.1 Å². The Labute approximate surface area is 251 Å². The van der Waals surface area contributed by atoms with Gasteiger partial charge in [0.1, 0.15) is 5.82 Å². The molecule has 3 N–H and O–H groups in total. The first-order valence-corrected chi connectivity index (χ1v) is 14.1. The van der Waals surface area contributed by atoms with E-state index in [-0.39, 0.29) is 22.4 Å². The molecule has 2 aromatic carbocycles. The van der Waals surface area contributed by atoms with E-state index >= 15 is 0 Å². The van der Waals surface area contributed by atoms with E-state index in [1.54, 1.807) is 0 Å². The minimum absolute atomic E-state index is 0.0639. The number of aromatic nitrogens is 2. The van der Waals surface area contributed by atoms with Crippen LogP contribution in [-0.2, 0) is 16.0 Å². The van der Waals surface area contributed by atoms with Crippen LogP contribution in [0.3, 0.4) is 0 Å². The van der Waals surface area contributed by atoms with E-state index in [2.05, 4.69) is 43.0 Å². The number of carbonyl (C=O) groups excluding carboxylic acids is 2. The summed E-state index contributed by atoms with van der Waals surface area (Å²) in [5, 5.41) is 9.31. The number of anilines is 4. The van der Waals surface area contributed by atoms with E-state index in [0.717, 1.165) is 57.7 Å². The summed E-state index contributed by atoms with van der Waals surface area (Å²) < 4.78 is 51.3.